The average Bonchev–Trinajstić information content (AvgIpc) is 3.43. The number of aromatic nitrogens is 2. The molecule has 1 N–H and O–H groups in total. The predicted molar refractivity (Wildman–Crippen MR) is 122 cm³/mol. The first-order chi connectivity index (χ1) is 14.6. The highest BCUT2D eigenvalue weighted by atomic mass is 32.2. The van der Waals surface area contributed by atoms with Crippen molar-refractivity contribution in [2.75, 3.05) is 13.2 Å². The minimum absolute atomic E-state index is 0.0583. The van der Waals surface area contributed by atoms with Crippen LogP contribution in [0.1, 0.15) is 26.7 Å². The van der Waals surface area contributed by atoms with E-state index in [-0.39, 0.29) is 22.8 Å². The summed E-state index contributed by atoms with van der Waals surface area (Å²) < 4.78 is 7.23. The first kappa shape index (κ1) is 21.1. The Labute approximate surface area is 183 Å². The summed E-state index contributed by atoms with van der Waals surface area (Å²) in [6.07, 6.45) is 2.14. The molecule has 1 aliphatic heterocycles. The monoisotopic (exact) mass is 443 g/mol. The molecule has 2 aromatic heterocycles. The quantitative estimate of drug-likeness (QED) is 0.443. The molecule has 1 fully saturated rings. The summed E-state index contributed by atoms with van der Waals surface area (Å²) in [7, 11) is 0. The number of fused-ring (bicyclic) bond motifs is 1. The zero-order chi connectivity index (χ0) is 21.1. The summed E-state index contributed by atoms with van der Waals surface area (Å²) >= 11 is 2.79. The van der Waals surface area contributed by atoms with E-state index in [0.717, 1.165) is 30.6 Å². The molecule has 4 rings (SSSR count). The second kappa shape index (κ2) is 9.32. The number of carbonyl (C=O) groups is 1. The lowest BCUT2D eigenvalue weighted by molar-refractivity contribution is -0.120. The van der Waals surface area contributed by atoms with Crippen LogP contribution >= 0.6 is 23.1 Å². The molecule has 158 valence electrons. The average molecular weight is 444 g/mol. The van der Waals surface area contributed by atoms with E-state index in [1.54, 1.807) is 4.57 Å². The van der Waals surface area contributed by atoms with Crippen LogP contribution in [0.15, 0.2) is 45.7 Å². The van der Waals surface area contributed by atoms with Crippen molar-refractivity contribution in [3.05, 3.63) is 46.1 Å². The highest BCUT2D eigenvalue weighted by molar-refractivity contribution is 8.00. The van der Waals surface area contributed by atoms with Crippen molar-refractivity contribution in [1.82, 2.24) is 14.9 Å². The predicted octanol–water partition coefficient (Wildman–Crippen LogP) is 3.92. The summed E-state index contributed by atoms with van der Waals surface area (Å²) in [6.45, 7) is 5.56. The highest BCUT2D eigenvalue weighted by Crippen LogP contribution is 2.32. The highest BCUT2D eigenvalue weighted by Gasteiger charge is 2.22. The van der Waals surface area contributed by atoms with Gasteiger partial charge in [-0.2, -0.15) is 0 Å². The molecule has 1 aromatic carbocycles. The number of carbonyl (C=O) groups excluding carboxylic acids is 1. The minimum atomic E-state index is -0.359. The SMILES string of the molecule is CCn1c(S[C@@H](C)C(=O)NC[C@H]2CCCO2)nc2scc(-c3ccccc3)c2c1=O. The largest absolute Gasteiger partial charge is 0.376 e. The Morgan fingerprint density at radius 2 is 2.20 bits per heavy atom. The van der Waals surface area contributed by atoms with Gasteiger partial charge in [0.05, 0.1) is 16.7 Å². The molecule has 0 spiro atoms. The van der Waals surface area contributed by atoms with E-state index in [2.05, 4.69) is 5.32 Å². The lowest BCUT2D eigenvalue weighted by Crippen LogP contribution is -2.36. The van der Waals surface area contributed by atoms with E-state index >= 15 is 0 Å². The zero-order valence-corrected chi connectivity index (χ0v) is 18.7. The maximum absolute atomic E-state index is 13.3. The van der Waals surface area contributed by atoms with Crippen LogP contribution in [0.2, 0.25) is 0 Å². The lowest BCUT2D eigenvalue weighted by Gasteiger charge is -2.16. The molecule has 0 bridgehead atoms. The second-order valence-corrected chi connectivity index (χ2v) is 9.45. The number of ether oxygens (including phenoxy) is 1. The van der Waals surface area contributed by atoms with Gasteiger partial charge in [-0.15, -0.1) is 11.3 Å². The number of nitrogens with one attached hydrogen (secondary N) is 1. The molecule has 0 saturated carbocycles. The van der Waals surface area contributed by atoms with Crippen molar-refractivity contribution < 1.29 is 9.53 Å². The van der Waals surface area contributed by atoms with Crippen molar-refractivity contribution in [1.29, 1.82) is 0 Å². The summed E-state index contributed by atoms with van der Waals surface area (Å²) in [4.78, 5) is 31.3. The summed E-state index contributed by atoms with van der Waals surface area (Å²) in [5.74, 6) is -0.0661. The van der Waals surface area contributed by atoms with Gasteiger partial charge in [-0.25, -0.2) is 4.98 Å². The van der Waals surface area contributed by atoms with Gasteiger partial charge in [0.15, 0.2) is 5.16 Å². The van der Waals surface area contributed by atoms with Crippen LogP contribution in [0.5, 0.6) is 0 Å². The smallest absolute Gasteiger partial charge is 0.263 e. The zero-order valence-electron chi connectivity index (χ0n) is 17.1. The maximum atomic E-state index is 13.3. The third-order valence-corrected chi connectivity index (χ3v) is 7.20. The van der Waals surface area contributed by atoms with Crippen LogP contribution in [-0.2, 0) is 16.1 Å². The Kier molecular flexibility index (Phi) is 6.55. The molecule has 1 aliphatic rings. The van der Waals surface area contributed by atoms with Crippen molar-refractivity contribution in [2.24, 2.45) is 0 Å². The Hall–Kier alpha value is -2.16. The number of benzene rings is 1. The Bertz CT molecular complexity index is 1090. The fourth-order valence-electron chi connectivity index (χ4n) is 3.58. The molecule has 8 heteroatoms. The van der Waals surface area contributed by atoms with E-state index in [9.17, 15) is 9.59 Å². The number of thiophene rings is 1. The van der Waals surface area contributed by atoms with Crippen LogP contribution in [-0.4, -0.2) is 40.0 Å². The Balaban J connectivity index is 1.58. The van der Waals surface area contributed by atoms with Gasteiger partial charge in [0.1, 0.15) is 4.83 Å². The summed E-state index contributed by atoms with van der Waals surface area (Å²) in [5.41, 5.74) is 1.86. The van der Waals surface area contributed by atoms with Crippen molar-refractivity contribution >= 4 is 39.2 Å². The molecular formula is C22H25N3O3S2. The van der Waals surface area contributed by atoms with Crippen molar-refractivity contribution in [2.45, 2.75) is 49.7 Å². The summed E-state index contributed by atoms with van der Waals surface area (Å²) in [6, 6.07) is 9.89. The van der Waals surface area contributed by atoms with E-state index < -0.39 is 0 Å². The first-order valence-corrected chi connectivity index (χ1v) is 12.0. The molecule has 1 amide bonds. The molecule has 1 saturated heterocycles. The van der Waals surface area contributed by atoms with Gasteiger partial charge in [0.25, 0.3) is 5.56 Å². The molecule has 6 nitrogen and oxygen atoms in total. The van der Waals surface area contributed by atoms with Crippen molar-refractivity contribution in [3.63, 3.8) is 0 Å². The number of rotatable bonds is 7. The van der Waals surface area contributed by atoms with Crippen LogP contribution in [0, 0.1) is 0 Å². The van der Waals surface area contributed by atoms with Gasteiger partial charge in [-0.3, -0.25) is 14.2 Å². The van der Waals surface area contributed by atoms with E-state index in [1.165, 1.54) is 23.1 Å². The van der Waals surface area contributed by atoms with Crippen LogP contribution < -0.4 is 10.9 Å². The van der Waals surface area contributed by atoms with Gasteiger partial charge in [-0.05, 0) is 32.3 Å². The van der Waals surface area contributed by atoms with Gasteiger partial charge in [-0.1, -0.05) is 42.1 Å². The molecule has 3 heterocycles. The van der Waals surface area contributed by atoms with E-state index in [1.807, 2.05) is 49.6 Å². The third kappa shape index (κ3) is 4.31. The van der Waals surface area contributed by atoms with Gasteiger partial charge >= 0.3 is 0 Å². The summed E-state index contributed by atoms with van der Waals surface area (Å²) in [5, 5.41) is 5.82. The Morgan fingerprint density at radius 1 is 1.40 bits per heavy atom. The van der Waals surface area contributed by atoms with Gasteiger partial charge < -0.3 is 10.1 Å². The van der Waals surface area contributed by atoms with Crippen LogP contribution in [0.25, 0.3) is 21.3 Å². The fourth-order valence-corrected chi connectivity index (χ4v) is 5.57. The third-order valence-electron chi connectivity index (χ3n) is 5.24. The molecular weight excluding hydrogens is 418 g/mol. The van der Waals surface area contributed by atoms with Gasteiger partial charge in [0.2, 0.25) is 5.91 Å². The number of nitrogens with zero attached hydrogens (tertiary/aromatic N) is 2. The number of thioether (sulfide) groups is 1. The van der Waals surface area contributed by atoms with E-state index in [0.29, 0.717) is 28.5 Å². The molecule has 2 atom stereocenters. The molecule has 30 heavy (non-hydrogen) atoms. The molecule has 0 aliphatic carbocycles. The fraction of sp³-hybridized carbons (Fsp3) is 0.409. The minimum Gasteiger partial charge on any atom is -0.376 e. The van der Waals surface area contributed by atoms with Gasteiger partial charge in [0, 0.05) is 30.6 Å². The number of amides is 1. The van der Waals surface area contributed by atoms with Crippen LogP contribution in [0.4, 0.5) is 0 Å². The molecule has 0 radical (unpaired) electrons. The normalized spacial score (nSPS) is 17.3. The second-order valence-electron chi connectivity index (χ2n) is 7.28. The van der Waals surface area contributed by atoms with E-state index in [4.69, 9.17) is 9.72 Å². The van der Waals surface area contributed by atoms with Crippen LogP contribution in [0.3, 0.4) is 0 Å². The van der Waals surface area contributed by atoms with Crippen molar-refractivity contribution in [3.8, 4) is 11.1 Å². The topological polar surface area (TPSA) is 73.2 Å². The first-order valence-electron chi connectivity index (χ1n) is 10.2. The maximum Gasteiger partial charge on any atom is 0.263 e. The lowest BCUT2D eigenvalue weighted by atomic mass is 10.1. The molecule has 0 unspecified atom stereocenters. The number of hydrogen-bond acceptors (Lipinski definition) is 6. The Morgan fingerprint density at radius 3 is 2.90 bits per heavy atom. The standard InChI is InChI=1S/C22H25N3O3S2/c1-3-25-21(27)18-17(15-8-5-4-6-9-15)13-29-20(18)24-22(25)30-14(2)19(26)23-12-16-10-7-11-28-16/h4-6,8-9,13-14,16H,3,7,10-12H2,1-2H3,(H,23,26)/t14-,16+/m0/s1. The molecule has 3 aromatic rings. The number of hydrogen-bond donors (Lipinski definition) is 1.